The highest BCUT2D eigenvalue weighted by atomic mass is 32.1. The zero-order valence-electron chi connectivity index (χ0n) is 11.8. The molecule has 0 bridgehead atoms. The lowest BCUT2D eigenvalue weighted by Gasteiger charge is -2.13. The van der Waals surface area contributed by atoms with Crippen molar-refractivity contribution in [3.05, 3.63) is 21.9 Å². The summed E-state index contributed by atoms with van der Waals surface area (Å²) in [5, 5.41) is 13.7. The Morgan fingerprint density at radius 3 is 2.52 bits per heavy atom. The highest BCUT2D eigenvalue weighted by Crippen LogP contribution is 2.16. The van der Waals surface area contributed by atoms with E-state index in [1.54, 1.807) is 11.3 Å². The van der Waals surface area contributed by atoms with Crippen LogP contribution in [0.2, 0.25) is 0 Å². The van der Waals surface area contributed by atoms with Gasteiger partial charge < -0.3 is 20.5 Å². The van der Waals surface area contributed by atoms with E-state index in [9.17, 15) is 14.4 Å². The molecular weight excluding hydrogens is 296 g/mol. The van der Waals surface area contributed by atoms with Crippen LogP contribution in [0.5, 0.6) is 0 Å². The standard InChI is InChI=1S/C13H18N2O5S/c1-3-8-4-5-9(21-8)7-14-13(19)15-10(12(17)18)6-11(16)20-2/h4-5,10H,3,6-7H2,1-2H3,(H,17,18)(H2,14,15,19)/t10-/m0/s1. The first-order valence-electron chi connectivity index (χ1n) is 6.37. The smallest absolute Gasteiger partial charge is 0.326 e. The van der Waals surface area contributed by atoms with Crippen LogP contribution in [0.3, 0.4) is 0 Å². The normalized spacial score (nSPS) is 11.5. The number of carboxylic acids is 1. The van der Waals surface area contributed by atoms with Gasteiger partial charge in [0.1, 0.15) is 6.04 Å². The van der Waals surface area contributed by atoms with E-state index in [4.69, 9.17) is 5.11 Å². The molecule has 0 saturated carbocycles. The fourth-order valence-corrected chi connectivity index (χ4v) is 2.43. The Hall–Kier alpha value is -2.09. The van der Waals surface area contributed by atoms with Crippen LogP contribution in [-0.2, 0) is 27.3 Å². The highest BCUT2D eigenvalue weighted by Gasteiger charge is 2.23. The molecule has 2 amide bonds. The molecule has 7 nitrogen and oxygen atoms in total. The molecule has 0 radical (unpaired) electrons. The molecule has 3 N–H and O–H groups in total. The first kappa shape index (κ1) is 17.0. The topological polar surface area (TPSA) is 105 Å². The minimum atomic E-state index is -1.31. The Kier molecular flexibility index (Phi) is 6.67. The molecule has 0 unspecified atom stereocenters. The van der Waals surface area contributed by atoms with Gasteiger partial charge in [0.25, 0.3) is 0 Å². The molecule has 1 heterocycles. The van der Waals surface area contributed by atoms with E-state index in [-0.39, 0.29) is 0 Å². The van der Waals surface area contributed by atoms with Gasteiger partial charge in [0.2, 0.25) is 0 Å². The van der Waals surface area contributed by atoms with Crippen LogP contribution in [-0.4, -0.2) is 36.2 Å². The number of nitrogens with one attached hydrogen (secondary N) is 2. The summed E-state index contributed by atoms with van der Waals surface area (Å²) in [6.45, 7) is 2.35. The third-order valence-corrected chi connectivity index (χ3v) is 3.92. The van der Waals surface area contributed by atoms with Crippen LogP contribution < -0.4 is 10.6 Å². The maximum absolute atomic E-state index is 11.6. The third kappa shape index (κ3) is 5.82. The van der Waals surface area contributed by atoms with Crippen molar-refractivity contribution >= 4 is 29.3 Å². The van der Waals surface area contributed by atoms with E-state index in [0.29, 0.717) is 6.54 Å². The number of rotatable bonds is 7. The molecule has 0 spiro atoms. The number of hydrogen-bond donors (Lipinski definition) is 3. The van der Waals surface area contributed by atoms with Gasteiger partial charge in [-0.1, -0.05) is 6.92 Å². The average molecular weight is 314 g/mol. The highest BCUT2D eigenvalue weighted by molar-refractivity contribution is 7.11. The molecule has 0 saturated heterocycles. The molecule has 1 rings (SSSR count). The fourth-order valence-electron chi connectivity index (χ4n) is 1.53. The van der Waals surface area contributed by atoms with Gasteiger partial charge in [-0.05, 0) is 18.6 Å². The molecule has 1 aromatic rings. The first-order chi connectivity index (χ1) is 9.96. The molecule has 1 atom stereocenters. The Bertz CT molecular complexity index is 514. The van der Waals surface area contributed by atoms with E-state index >= 15 is 0 Å². The Morgan fingerprint density at radius 2 is 2.00 bits per heavy atom. The minimum Gasteiger partial charge on any atom is -0.480 e. The van der Waals surface area contributed by atoms with Crippen LogP contribution in [0.25, 0.3) is 0 Å². The van der Waals surface area contributed by atoms with E-state index in [1.165, 1.54) is 4.88 Å². The number of methoxy groups -OCH3 is 1. The molecule has 116 valence electrons. The van der Waals surface area contributed by atoms with Crippen LogP contribution >= 0.6 is 11.3 Å². The maximum Gasteiger partial charge on any atom is 0.326 e. The Balaban J connectivity index is 2.46. The third-order valence-electron chi connectivity index (χ3n) is 2.69. The number of urea groups is 1. The molecule has 21 heavy (non-hydrogen) atoms. The second-order valence-electron chi connectivity index (χ2n) is 4.22. The lowest BCUT2D eigenvalue weighted by Crippen LogP contribution is -2.46. The predicted molar refractivity (Wildman–Crippen MR) is 77.1 cm³/mol. The molecule has 0 aromatic carbocycles. The molecule has 0 fully saturated rings. The summed E-state index contributed by atoms with van der Waals surface area (Å²) in [6, 6.07) is 1.94. The molecule has 0 aliphatic heterocycles. The number of thiophene rings is 1. The Morgan fingerprint density at radius 1 is 1.33 bits per heavy atom. The monoisotopic (exact) mass is 314 g/mol. The van der Waals surface area contributed by atoms with Gasteiger partial charge in [-0.25, -0.2) is 9.59 Å². The number of carbonyl (C=O) groups is 3. The van der Waals surface area contributed by atoms with Gasteiger partial charge in [-0.15, -0.1) is 11.3 Å². The molecule has 1 aromatic heterocycles. The van der Waals surface area contributed by atoms with Crippen molar-refractivity contribution in [3.8, 4) is 0 Å². The van der Waals surface area contributed by atoms with Gasteiger partial charge in [-0.2, -0.15) is 0 Å². The largest absolute Gasteiger partial charge is 0.480 e. The van der Waals surface area contributed by atoms with E-state index < -0.39 is 30.4 Å². The number of amides is 2. The van der Waals surface area contributed by atoms with Gasteiger partial charge in [0.15, 0.2) is 0 Å². The fraction of sp³-hybridized carbons (Fsp3) is 0.462. The molecular formula is C13H18N2O5S. The SMILES string of the molecule is CCc1ccc(CNC(=O)N[C@@H](CC(=O)OC)C(=O)O)s1. The van der Waals surface area contributed by atoms with Crippen LogP contribution in [0, 0.1) is 0 Å². The number of esters is 1. The number of ether oxygens (including phenoxy) is 1. The van der Waals surface area contributed by atoms with Crippen LogP contribution in [0.1, 0.15) is 23.1 Å². The second kappa shape index (κ2) is 8.25. The second-order valence-corrected chi connectivity index (χ2v) is 5.47. The predicted octanol–water partition coefficient (Wildman–Crippen LogP) is 1.13. The summed E-state index contributed by atoms with van der Waals surface area (Å²) in [6.07, 6.45) is 0.509. The van der Waals surface area contributed by atoms with Crippen molar-refractivity contribution in [3.63, 3.8) is 0 Å². The zero-order chi connectivity index (χ0) is 15.8. The van der Waals surface area contributed by atoms with Crippen molar-refractivity contribution in [2.24, 2.45) is 0 Å². The summed E-state index contributed by atoms with van der Waals surface area (Å²) in [5.41, 5.74) is 0. The molecule has 0 aliphatic rings. The summed E-state index contributed by atoms with van der Waals surface area (Å²) in [5.74, 6) is -1.99. The lowest BCUT2D eigenvalue weighted by molar-refractivity contribution is -0.147. The van der Waals surface area contributed by atoms with Crippen LogP contribution in [0.4, 0.5) is 4.79 Å². The first-order valence-corrected chi connectivity index (χ1v) is 7.19. The van der Waals surface area contributed by atoms with Crippen molar-refractivity contribution in [2.75, 3.05) is 7.11 Å². The minimum absolute atomic E-state index is 0.307. The number of aryl methyl sites for hydroxylation is 1. The number of hydrogen-bond acceptors (Lipinski definition) is 5. The Labute approximate surface area is 126 Å². The lowest BCUT2D eigenvalue weighted by atomic mass is 10.2. The molecule has 8 heteroatoms. The van der Waals surface area contributed by atoms with Crippen LogP contribution in [0.15, 0.2) is 12.1 Å². The molecule has 0 aliphatic carbocycles. The summed E-state index contributed by atoms with van der Waals surface area (Å²) in [4.78, 5) is 35.9. The maximum atomic E-state index is 11.6. The summed E-state index contributed by atoms with van der Waals surface area (Å²) in [7, 11) is 1.16. The summed E-state index contributed by atoms with van der Waals surface area (Å²) >= 11 is 1.58. The van der Waals surface area contributed by atoms with E-state index in [0.717, 1.165) is 18.4 Å². The van der Waals surface area contributed by atoms with Gasteiger partial charge in [-0.3, -0.25) is 4.79 Å². The van der Waals surface area contributed by atoms with Crippen molar-refractivity contribution in [1.29, 1.82) is 0 Å². The summed E-state index contributed by atoms with van der Waals surface area (Å²) < 4.78 is 4.38. The number of carbonyl (C=O) groups excluding carboxylic acids is 2. The van der Waals surface area contributed by atoms with Gasteiger partial charge in [0.05, 0.1) is 20.1 Å². The van der Waals surface area contributed by atoms with Crippen molar-refractivity contribution in [1.82, 2.24) is 10.6 Å². The zero-order valence-corrected chi connectivity index (χ0v) is 12.7. The van der Waals surface area contributed by atoms with Gasteiger partial charge in [0, 0.05) is 9.75 Å². The van der Waals surface area contributed by atoms with E-state index in [2.05, 4.69) is 15.4 Å². The quantitative estimate of drug-likeness (QED) is 0.654. The van der Waals surface area contributed by atoms with Gasteiger partial charge >= 0.3 is 18.0 Å². The number of carboxylic acid groups (broad SMARTS) is 1. The average Bonchev–Trinajstić information content (AvgIpc) is 2.92. The number of aliphatic carboxylic acids is 1. The van der Waals surface area contributed by atoms with Crippen molar-refractivity contribution in [2.45, 2.75) is 32.4 Å². The van der Waals surface area contributed by atoms with Crippen molar-refractivity contribution < 1.29 is 24.2 Å². The van der Waals surface area contributed by atoms with E-state index in [1.807, 2.05) is 19.1 Å².